The van der Waals surface area contributed by atoms with E-state index in [1.807, 2.05) is 0 Å². The first-order valence-corrected chi connectivity index (χ1v) is 6.71. The van der Waals surface area contributed by atoms with Crippen molar-refractivity contribution in [3.63, 3.8) is 0 Å². The van der Waals surface area contributed by atoms with Gasteiger partial charge < -0.3 is 10.6 Å². The van der Waals surface area contributed by atoms with Gasteiger partial charge in [-0.05, 0) is 13.0 Å². The molecule has 0 atom stereocenters. The van der Waals surface area contributed by atoms with Crippen molar-refractivity contribution in [2.24, 2.45) is 0 Å². The van der Waals surface area contributed by atoms with Crippen molar-refractivity contribution in [2.75, 3.05) is 32.4 Å². The molecule has 0 saturated heterocycles. The Bertz CT molecular complexity index is 277. The Kier molecular flexibility index (Phi) is 7.27. The predicted molar refractivity (Wildman–Crippen MR) is 59.0 cm³/mol. The third-order valence-corrected chi connectivity index (χ3v) is 2.30. The Labute approximate surface area is 90.9 Å². The number of carbonyl (C=O) groups excluding carboxylic acids is 1. The Morgan fingerprint density at radius 2 is 1.80 bits per heavy atom. The molecular weight excluding hydrogens is 218 g/mol. The fourth-order valence-electron chi connectivity index (χ4n) is 0.923. The van der Waals surface area contributed by atoms with E-state index in [1.54, 1.807) is 0 Å². The van der Waals surface area contributed by atoms with Gasteiger partial charge in [-0.3, -0.25) is 4.79 Å². The highest BCUT2D eigenvalue weighted by Crippen LogP contribution is 1.77. The van der Waals surface area contributed by atoms with Crippen LogP contribution in [0.1, 0.15) is 13.3 Å². The number of sulfonamides is 1. The normalized spacial score (nSPS) is 11.3. The average Bonchev–Trinajstić information content (AvgIpc) is 2.07. The fraction of sp³-hybridized carbons (Fsp3) is 0.875. The van der Waals surface area contributed by atoms with Gasteiger partial charge in [-0.1, -0.05) is 0 Å². The van der Waals surface area contributed by atoms with E-state index in [9.17, 15) is 13.2 Å². The van der Waals surface area contributed by atoms with Gasteiger partial charge >= 0.3 is 0 Å². The smallest absolute Gasteiger partial charge is 0.216 e. The first-order valence-electron chi connectivity index (χ1n) is 4.81. The van der Waals surface area contributed by atoms with Gasteiger partial charge in [0.2, 0.25) is 15.9 Å². The lowest BCUT2D eigenvalue weighted by Gasteiger charge is -2.05. The zero-order valence-corrected chi connectivity index (χ0v) is 9.99. The topological polar surface area (TPSA) is 87.3 Å². The molecular formula is C8H19N3O3S. The van der Waals surface area contributed by atoms with E-state index in [0.29, 0.717) is 19.6 Å². The molecule has 7 heteroatoms. The molecule has 0 aromatic carbocycles. The standard InChI is InChI=1S/C8H19N3O3S/c1-8(12)10-7-6-9-4-3-5-11-15(2,13)14/h9,11H,3-7H2,1-2H3,(H,10,12). The number of carbonyl (C=O) groups is 1. The molecule has 0 aliphatic rings. The molecule has 90 valence electrons. The van der Waals surface area contributed by atoms with Crippen LogP contribution in [0.4, 0.5) is 0 Å². The van der Waals surface area contributed by atoms with Crippen molar-refractivity contribution < 1.29 is 13.2 Å². The maximum atomic E-state index is 10.7. The Balaban J connectivity index is 3.16. The summed E-state index contributed by atoms with van der Waals surface area (Å²) < 4.78 is 23.7. The molecule has 0 heterocycles. The highest BCUT2D eigenvalue weighted by atomic mass is 32.2. The Hall–Kier alpha value is -0.660. The molecule has 0 fully saturated rings. The van der Waals surface area contributed by atoms with Crippen molar-refractivity contribution >= 4 is 15.9 Å². The van der Waals surface area contributed by atoms with Crippen LogP contribution >= 0.6 is 0 Å². The maximum Gasteiger partial charge on any atom is 0.216 e. The number of nitrogens with one attached hydrogen (secondary N) is 3. The number of hydrogen-bond acceptors (Lipinski definition) is 4. The second-order valence-electron chi connectivity index (χ2n) is 3.25. The van der Waals surface area contributed by atoms with Gasteiger partial charge in [0.15, 0.2) is 0 Å². The van der Waals surface area contributed by atoms with E-state index in [0.717, 1.165) is 19.2 Å². The van der Waals surface area contributed by atoms with Crippen LogP contribution in [-0.4, -0.2) is 46.8 Å². The van der Waals surface area contributed by atoms with Crippen LogP contribution in [0, 0.1) is 0 Å². The minimum atomic E-state index is -3.07. The molecule has 0 bridgehead atoms. The van der Waals surface area contributed by atoms with Gasteiger partial charge in [-0.2, -0.15) is 0 Å². The van der Waals surface area contributed by atoms with E-state index in [1.165, 1.54) is 6.92 Å². The van der Waals surface area contributed by atoms with Crippen molar-refractivity contribution in [1.29, 1.82) is 0 Å². The lowest BCUT2D eigenvalue weighted by Crippen LogP contribution is -2.32. The minimum Gasteiger partial charge on any atom is -0.355 e. The van der Waals surface area contributed by atoms with Crippen LogP contribution in [0.15, 0.2) is 0 Å². The number of amides is 1. The van der Waals surface area contributed by atoms with Crippen molar-refractivity contribution in [1.82, 2.24) is 15.4 Å². The van der Waals surface area contributed by atoms with Gasteiger partial charge in [-0.15, -0.1) is 0 Å². The summed E-state index contributed by atoms with van der Waals surface area (Å²) in [6.45, 7) is 3.91. The van der Waals surface area contributed by atoms with Crippen LogP contribution in [0.5, 0.6) is 0 Å². The highest BCUT2D eigenvalue weighted by Gasteiger charge is 1.97. The van der Waals surface area contributed by atoms with E-state index in [2.05, 4.69) is 15.4 Å². The van der Waals surface area contributed by atoms with Crippen molar-refractivity contribution in [3.05, 3.63) is 0 Å². The summed E-state index contributed by atoms with van der Waals surface area (Å²) >= 11 is 0. The second kappa shape index (κ2) is 7.61. The summed E-state index contributed by atoms with van der Waals surface area (Å²) in [5.41, 5.74) is 0. The van der Waals surface area contributed by atoms with E-state index >= 15 is 0 Å². The van der Waals surface area contributed by atoms with Gasteiger partial charge in [0.25, 0.3) is 0 Å². The predicted octanol–water partition coefficient (Wildman–Crippen LogP) is -1.35. The second-order valence-corrected chi connectivity index (χ2v) is 5.09. The first-order chi connectivity index (χ1) is 6.92. The molecule has 0 spiro atoms. The summed E-state index contributed by atoms with van der Waals surface area (Å²) in [4.78, 5) is 10.5. The van der Waals surface area contributed by atoms with Gasteiger partial charge in [-0.25, -0.2) is 13.1 Å². The maximum absolute atomic E-state index is 10.7. The third-order valence-electron chi connectivity index (χ3n) is 1.57. The number of rotatable bonds is 8. The number of hydrogen-bond donors (Lipinski definition) is 3. The van der Waals surface area contributed by atoms with Gasteiger partial charge in [0.05, 0.1) is 6.26 Å². The molecule has 0 radical (unpaired) electrons. The van der Waals surface area contributed by atoms with Crippen LogP contribution in [0.2, 0.25) is 0 Å². The highest BCUT2D eigenvalue weighted by molar-refractivity contribution is 7.88. The van der Waals surface area contributed by atoms with Crippen LogP contribution in [-0.2, 0) is 14.8 Å². The summed E-state index contributed by atoms with van der Waals surface area (Å²) in [7, 11) is -3.07. The lowest BCUT2D eigenvalue weighted by atomic mass is 10.4. The Morgan fingerprint density at radius 3 is 2.33 bits per heavy atom. The molecule has 0 unspecified atom stereocenters. The Morgan fingerprint density at radius 1 is 1.13 bits per heavy atom. The summed E-state index contributed by atoms with van der Waals surface area (Å²) in [5, 5.41) is 5.73. The van der Waals surface area contributed by atoms with E-state index < -0.39 is 10.0 Å². The molecule has 0 aliphatic heterocycles. The summed E-state index contributed by atoms with van der Waals surface area (Å²) in [6.07, 6.45) is 1.87. The zero-order chi connectivity index (χ0) is 11.7. The largest absolute Gasteiger partial charge is 0.355 e. The quantitative estimate of drug-likeness (QED) is 0.456. The fourth-order valence-corrected chi connectivity index (χ4v) is 1.44. The average molecular weight is 237 g/mol. The molecule has 0 aliphatic carbocycles. The molecule has 3 N–H and O–H groups in total. The zero-order valence-electron chi connectivity index (χ0n) is 9.17. The lowest BCUT2D eigenvalue weighted by molar-refractivity contribution is -0.118. The van der Waals surface area contributed by atoms with Gasteiger partial charge in [0, 0.05) is 26.6 Å². The summed E-state index contributed by atoms with van der Waals surface area (Å²) in [6, 6.07) is 0. The van der Waals surface area contributed by atoms with Crippen LogP contribution < -0.4 is 15.4 Å². The van der Waals surface area contributed by atoms with Crippen molar-refractivity contribution in [3.8, 4) is 0 Å². The summed E-state index contributed by atoms with van der Waals surface area (Å²) in [5.74, 6) is -0.0458. The molecule has 1 amide bonds. The molecule has 0 rings (SSSR count). The van der Waals surface area contributed by atoms with Crippen molar-refractivity contribution in [2.45, 2.75) is 13.3 Å². The molecule has 0 aromatic rings. The van der Waals surface area contributed by atoms with Crippen LogP contribution in [0.3, 0.4) is 0 Å². The van der Waals surface area contributed by atoms with E-state index in [-0.39, 0.29) is 5.91 Å². The van der Waals surface area contributed by atoms with Crippen LogP contribution in [0.25, 0.3) is 0 Å². The molecule has 15 heavy (non-hydrogen) atoms. The monoisotopic (exact) mass is 237 g/mol. The molecule has 6 nitrogen and oxygen atoms in total. The SMILES string of the molecule is CC(=O)NCCNCCCNS(C)(=O)=O. The first kappa shape index (κ1) is 14.3. The minimum absolute atomic E-state index is 0.0458. The molecule has 0 saturated carbocycles. The van der Waals surface area contributed by atoms with Gasteiger partial charge in [0.1, 0.15) is 0 Å². The van der Waals surface area contributed by atoms with E-state index in [4.69, 9.17) is 0 Å². The molecule has 0 aromatic heterocycles. The third kappa shape index (κ3) is 13.3.